The van der Waals surface area contributed by atoms with Crippen LogP contribution in [0.15, 0.2) is 42.9 Å². The molecule has 0 fully saturated rings. The fourth-order valence-corrected chi connectivity index (χ4v) is 2.24. The van der Waals surface area contributed by atoms with E-state index in [2.05, 4.69) is 9.97 Å². The molecule has 6 heteroatoms. The number of nitrogens with zero attached hydrogens (tertiary/aromatic N) is 3. The molecule has 21 heavy (non-hydrogen) atoms. The van der Waals surface area contributed by atoms with Crippen molar-refractivity contribution in [1.82, 2.24) is 14.4 Å². The standard InChI is InChI=1S/C15H12ClN3O2/c1-2-21-15(20)14-13(10-3-5-11(16)6-4-10)18-12-9-17-7-8-19(12)14/h3-9H,2H2,1H3. The van der Waals surface area contributed by atoms with E-state index in [0.29, 0.717) is 28.7 Å². The second kappa shape index (κ2) is 5.54. The van der Waals surface area contributed by atoms with Gasteiger partial charge in [0.1, 0.15) is 5.69 Å². The Kier molecular flexibility index (Phi) is 3.58. The van der Waals surface area contributed by atoms with Gasteiger partial charge >= 0.3 is 5.97 Å². The molecule has 3 aromatic rings. The number of hydrogen-bond acceptors (Lipinski definition) is 4. The topological polar surface area (TPSA) is 56.5 Å². The molecule has 5 nitrogen and oxygen atoms in total. The van der Waals surface area contributed by atoms with Crippen molar-refractivity contribution in [3.63, 3.8) is 0 Å². The summed E-state index contributed by atoms with van der Waals surface area (Å²) in [6.07, 6.45) is 4.89. The number of fused-ring (bicyclic) bond motifs is 1. The Balaban J connectivity index is 2.23. The third-order valence-corrected chi connectivity index (χ3v) is 3.27. The molecule has 0 aliphatic rings. The van der Waals surface area contributed by atoms with Crippen LogP contribution in [0.1, 0.15) is 17.4 Å². The maximum absolute atomic E-state index is 12.3. The van der Waals surface area contributed by atoms with Crippen molar-refractivity contribution < 1.29 is 9.53 Å². The van der Waals surface area contributed by atoms with Gasteiger partial charge < -0.3 is 4.74 Å². The summed E-state index contributed by atoms with van der Waals surface area (Å²) in [5, 5.41) is 0.627. The number of rotatable bonds is 3. The Morgan fingerprint density at radius 2 is 2.10 bits per heavy atom. The predicted octanol–water partition coefficient (Wildman–Crippen LogP) is 3.23. The van der Waals surface area contributed by atoms with Crippen molar-refractivity contribution in [3.8, 4) is 11.3 Å². The Hall–Kier alpha value is -2.40. The zero-order valence-corrected chi connectivity index (χ0v) is 12.0. The summed E-state index contributed by atoms with van der Waals surface area (Å²) in [4.78, 5) is 20.7. The number of carbonyl (C=O) groups is 1. The number of aromatic nitrogens is 3. The Morgan fingerprint density at radius 3 is 2.81 bits per heavy atom. The minimum atomic E-state index is -0.416. The van der Waals surface area contributed by atoms with E-state index in [0.717, 1.165) is 5.56 Å². The molecule has 2 heterocycles. The first kappa shape index (κ1) is 13.6. The fourth-order valence-electron chi connectivity index (χ4n) is 2.11. The molecule has 0 saturated carbocycles. The molecule has 0 N–H and O–H groups in total. The number of imidazole rings is 1. The van der Waals surface area contributed by atoms with E-state index in [1.54, 1.807) is 42.0 Å². The predicted molar refractivity (Wildman–Crippen MR) is 79.4 cm³/mol. The molecule has 0 saturated heterocycles. The van der Waals surface area contributed by atoms with Gasteiger partial charge in [0.2, 0.25) is 0 Å². The highest BCUT2D eigenvalue weighted by atomic mass is 35.5. The molecule has 0 atom stereocenters. The third kappa shape index (κ3) is 2.48. The zero-order valence-electron chi connectivity index (χ0n) is 11.3. The summed E-state index contributed by atoms with van der Waals surface area (Å²) < 4.78 is 6.81. The van der Waals surface area contributed by atoms with Crippen molar-refractivity contribution in [2.75, 3.05) is 6.61 Å². The highest BCUT2D eigenvalue weighted by Gasteiger charge is 2.21. The number of hydrogen-bond donors (Lipinski definition) is 0. The van der Waals surface area contributed by atoms with Crippen LogP contribution in [-0.4, -0.2) is 26.9 Å². The first-order valence-electron chi connectivity index (χ1n) is 6.46. The van der Waals surface area contributed by atoms with Crippen molar-refractivity contribution in [2.45, 2.75) is 6.92 Å². The average molecular weight is 302 g/mol. The normalized spacial score (nSPS) is 10.8. The van der Waals surface area contributed by atoms with Crippen LogP contribution in [-0.2, 0) is 4.74 Å². The van der Waals surface area contributed by atoms with Gasteiger partial charge in [0.15, 0.2) is 11.3 Å². The number of halogens is 1. The second-order valence-corrected chi connectivity index (χ2v) is 4.78. The van der Waals surface area contributed by atoms with Gasteiger partial charge in [0.05, 0.1) is 12.8 Å². The summed E-state index contributed by atoms with van der Waals surface area (Å²) in [6, 6.07) is 7.16. The maximum Gasteiger partial charge on any atom is 0.357 e. The second-order valence-electron chi connectivity index (χ2n) is 4.34. The summed E-state index contributed by atoms with van der Waals surface area (Å²) in [5.41, 5.74) is 2.33. The lowest BCUT2D eigenvalue weighted by Gasteiger charge is -2.04. The molecular formula is C15H12ClN3O2. The van der Waals surface area contributed by atoms with E-state index >= 15 is 0 Å². The molecule has 0 aliphatic heterocycles. The van der Waals surface area contributed by atoms with Gasteiger partial charge in [-0.3, -0.25) is 9.38 Å². The van der Waals surface area contributed by atoms with E-state index in [9.17, 15) is 4.79 Å². The largest absolute Gasteiger partial charge is 0.461 e. The van der Waals surface area contributed by atoms with Gasteiger partial charge in [0, 0.05) is 23.0 Å². The maximum atomic E-state index is 12.3. The van der Waals surface area contributed by atoms with E-state index in [4.69, 9.17) is 16.3 Å². The number of ether oxygens (including phenoxy) is 1. The highest BCUT2D eigenvalue weighted by molar-refractivity contribution is 6.30. The molecule has 0 spiro atoms. The lowest BCUT2D eigenvalue weighted by Crippen LogP contribution is -2.09. The molecule has 0 amide bonds. The van der Waals surface area contributed by atoms with Gasteiger partial charge in [-0.15, -0.1) is 0 Å². The quantitative estimate of drug-likeness (QED) is 0.697. The van der Waals surface area contributed by atoms with Crippen molar-refractivity contribution >= 4 is 23.2 Å². The molecule has 1 aromatic carbocycles. The molecule has 106 valence electrons. The van der Waals surface area contributed by atoms with Crippen LogP contribution in [0.4, 0.5) is 0 Å². The minimum absolute atomic E-state index is 0.303. The molecule has 0 bridgehead atoms. The van der Waals surface area contributed by atoms with Gasteiger partial charge in [-0.1, -0.05) is 23.7 Å². The smallest absolute Gasteiger partial charge is 0.357 e. The number of carbonyl (C=O) groups excluding carboxylic acids is 1. The summed E-state index contributed by atoms with van der Waals surface area (Å²) >= 11 is 5.90. The van der Waals surface area contributed by atoms with Crippen LogP contribution < -0.4 is 0 Å². The minimum Gasteiger partial charge on any atom is -0.461 e. The first-order valence-corrected chi connectivity index (χ1v) is 6.83. The zero-order chi connectivity index (χ0) is 14.8. The first-order chi connectivity index (χ1) is 10.2. The molecule has 0 radical (unpaired) electrons. The average Bonchev–Trinajstić information content (AvgIpc) is 2.87. The Morgan fingerprint density at radius 1 is 1.33 bits per heavy atom. The molecule has 0 unspecified atom stereocenters. The van der Waals surface area contributed by atoms with Gasteiger partial charge in [-0.25, -0.2) is 9.78 Å². The fraction of sp³-hybridized carbons (Fsp3) is 0.133. The van der Waals surface area contributed by atoms with Crippen molar-refractivity contribution in [2.24, 2.45) is 0 Å². The monoisotopic (exact) mass is 301 g/mol. The highest BCUT2D eigenvalue weighted by Crippen LogP contribution is 2.26. The number of esters is 1. The van der Waals surface area contributed by atoms with Crippen molar-refractivity contribution in [3.05, 3.63) is 53.6 Å². The van der Waals surface area contributed by atoms with Crippen LogP contribution >= 0.6 is 11.6 Å². The summed E-state index contributed by atoms with van der Waals surface area (Å²) in [7, 11) is 0. The SMILES string of the molecule is CCOC(=O)c1c(-c2ccc(Cl)cc2)nc2cnccn12. The summed E-state index contributed by atoms with van der Waals surface area (Å²) in [5.74, 6) is -0.416. The third-order valence-electron chi connectivity index (χ3n) is 3.02. The Bertz CT molecular complexity index is 796. The van der Waals surface area contributed by atoms with Crippen LogP contribution in [0.5, 0.6) is 0 Å². The van der Waals surface area contributed by atoms with Crippen LogP contribution in [0.2, 0.25) is 5.02 Å². The van der Waals surface area contributed by atoms with Crippen LogP contribution in [0.3, 0.4) is 0 Å². The van der Waals surface area contributed by atoms with Crippen LogP contribution in [0.25, 0.3) is 16.9 Å². The lowest BCUT2D eigenvalue weighted by molar-refractivity contribution is 0.0519. The molecule has 3 rings (SSSR count). The van der Waals surface area contributed by atoms with E-state index < -0.39 is 5.97 Å². The number of benzene rings is 1. The molecular weight excluding hydrogens is 290 g/mol. The lowest BCUT2D eigenvalue weighted by atomic mass is 10.1. The molecule has 0 aliphatic carbocycles. The molecule has 2 aromatic heterocycles. The van der Waals surface area contributed by atoms with Gasteiger partial charge in [-0.2, -0.15) is 0 Å². The van der Waals surface area contributed by atoms with E-state index in [1.807, 2.05) is 12.1 Å². The summed E-state index contributed by atoms with van der Waals surface area (Å²) in [6.45, 7) is 2.07. The Labute approximate surface area is 126 Å². The van der Waals surface area contributed by atoms with Crippen molar-refractivity contribution in [1.29, 1.82) is 0 Å². The van der Waals surface area contributed by atoms with Gasteiger partial charge in [0.25, 0.3) is 0 Å². The van der Waals surface area contributed by atoms with Gasteiger partial charge in [-0.05, 0) is 19.1 Å². The van der Waals surface area contributed by atoms with E-state index in [1.165, 1.54) is 0 Å². The van der Waals surface area contributed by atoms with E-state index in [-0.39, 0.29) is 0 Å². The van der Waals surface area contributed by atoms with Crippen LogP contribution in [0, 0.1) is 0 Å².